The number of piperidine rings is 1. The normalized spacial score (nSPS) is 18.4. The van der Waals surface area contributed by atoms with E-state index in [0.717, 1.165) is 25.1 Å². The van der Waals surface area contributed by atoms with Crippen molar-refractivity contribution in [1.82, 2.24) is 9.21 Å². The fraction of sp³-hybridized carbons (Fsp3) is 0.611. The molecule has 2 rings (SSSR count). The molecule has 1 aromatic carbocycles. The minimum atomic E-state index is -3.51. The van der Waals surface area contributed by atoms with Crippen LogP contribution in [0.5, 0.6) is 5.75 Å². The van der Waals surface area contributed by atoms with Gasteiger partial charge in [-0.15, -0.1) is 0 Å². The summed E-state index contributed by atoms with van der Waals surface area (Å²) in [5.41, 5.74) is 0.740. The van der Waals surface area contributed by atoms with Gasteiger partial charge < -0.3 is 9.64 Å². The lowest BCUT2D eigenvalue weighted by Crippen LogP contribution is -2.39. The number of amides is 1. The Morgan fingerprint density at radius 3 is 2.68 bits per heavy atom. The number of ether oxygens (including phenoxy) is 1. The quantitative estimate of drug-likeness (QED) is 0.771. The van der Waals surface area contributed by atoms with Crippen molar-refractivity contribution in [3.63, 3.8) is 0 Å². The van der Waals surface area contributed by atoms with E-state index >= 15 is 0 Å². The average Bonchev–Trinajstić information content (AvgIpc) is 2.59. The van der Waals surface area contributed by atoms with E-state index < -0.39 is 10.0 Å². The SMILES string of the molecule is COc1ccc(S(=O)(=O)N(C)C)cc1CCC(=O)N1CCC[C@@H](C)C1. The summed E-state index contributed by atoms with van der Waals surface area (Å²) in [7, 11) is 1.04. The van der Waals surface area contributed by atoms with Gasteiger partial charge in [0.25, 0.3) is 0 Å². The molecule has 1 fully saturated rings. The second-order valence-electron chi connectivity index (χ2n) is 6.85. The first-order valence-corrected chi connectivity index (χ1v) is 10.1. The summed E-state index contributed by atoms with van der Waals surface area (Å²) in [4.78, 5) is 14.6. The second kappa shape index (κ2) is 8.19. The first kappa shape index (κ1) is 19.7. The summed E-state index contributed by atoms with van der Waals surface area (Å²) in [6.07, 6.45) is 3.03. The second-order valence-corrected chi connectivity index (χ2v) is 9.00. The molecule has 1 aliphatic rings. The smallest absolute Gasteiger partial charge is 0.242 e. The molecule has 1 aromatic rings. The zero-order valence-corrected chi connectivity index (χ0v) is 16.3. The van der Waals surface area contributed by atoms with Crippen molar-refractivity contribution < 1.29 is 17.9 Å². The van der Waals surface area contributed by atoms with Gasteiger partial charge in [0.2, 0.25) is 15.9 Å². The molecular weight excluding hydrogens is 340 g/mol. The molecule has 25 heavy (non-hydrogen) atoms. The number of carbonyl (C=O) groups excluding carboxylic acids is 1. The number of carbonyl (C=O) groups is 1. The van der Waals surface area contributed by atoms with Gasteiger partial charge in [0.05, 0.1) is 12.0 Å². The molecule has 0 unspecified atom stereocenters. The molecule has 0 saturated carbocycles. The molecular formula is C18H28N2O4S. The average molecular weight is 368 g/mol. The zero-order chi connectivity index (χ0) is 18.6. The van der Waals surface area contributed by atoms with Crippen LogP contribution in [0.15, 0.2) is 23.1 Å². The number of methoxy groups -OCH3 is 1. The van der Waals surface area contributed by atoms with Crippen molar-refractivity contribution in [3.8, 4) is 5.75 Å². The molecule has 0 spiro atoms. The molecule has 1 atom stereocenters. The Labute approximate surface area is 150 Å². The molecule has 0 radical (unpaired) electrons. The van der Waals surface area contributed by atoms with Crippen LogP contribution < -0.4 is 4.74 Å². The van der Waals surface area contributed by atoms with Crippen LogP contribution in [-0.4, -0.2) is 57.8 Å². The molecule has 6 nitrogen and oxygen atoms in total. The van der Waals surface area contributed by atoms with Gasteiger partial charge in [0.1, 0.15) is 5.75 Å². The predicted octanol–water partition coefficient (Wildman–Crippen LogP) is 2.14. The van der Waals surface area contributed by atoms with E-state index in [-0.39, 0.29) is 10.8 Å². The van der Waals surface area contributed by atoms with E-state index in [1.54, 1.807) is 19.2 Å². The maximum Gasteiger partial charge on any atom is 0.242 e. The molecule has 0 aliphatic carbocycles. The third kappa shape index (κ3) is 4.73. The van der Waals surface area contributed by atoms with E-state index in [4.69, 9.17) is 4.74 Å². The van der Waals surface area contributed by atoms with Crippen molar-refractivity contribution >= 4 is 15.9 Å². The number of likely N-dealkylation sites (tertiary alicyclic amines) is 1. The van der Waals surface area contributed by atoms with Gasteiger partial charge >= 0.3 is 0 Å². The van der Waals surface area contributed by atoms with Crippen LogP contribution in [-0.2, 0) is 21.2 Å². The standard InChI is InChI=1S/C18H28N2O4S/c1-14-6-5-11-20(13-14)18(21)10-7-15-12-16(8-9-17(15)24-4)25(22,23)19(2)3/h8-9,12,14H,5-7,10-11,13H2,1-4H3/t14-/m1/s1. The van der Waals surface area contributed by atoms with E-state index in [0.29, 0.717) is 24.5 Å². The molecule has 7 heteroatoms. The Balaban J connectivity index is 2.13. The lowest BCUT2D eigenvalue weighted by atomic mass is 9.99. The van der Waals surface area contributed by atoms with Crippen molar-refractivity contribution in [2.45, 2.75) is 37.5 Å². The van der Waals surface area contributed by atoms with Gasteiger partial charge in [-0.3, -0.25) is 4.79 Å². The maximum absolute atomic E-state index is 12.5. The summed E-state index contributed by atoms with van der Waals surface area (Å²) < 4.78 is 31.1. The fourth-order valence-electron chi connectivity index (χ4n) is 3.14. The van der Waals surface area contributed by atoms with E-state index in [1.807, 2.05) is 4.90 Å². The Morgan fingerprint density at radius 2 is 2.08 bits per heavy atom. The number of sulfonamides is 1. The molecule has 0 aromatic heterocycles. The van der Waals surface area contributed by atoms with Crippen molar-refractivity contribution in [2.75, 3.05) is 34.3 Å². The number of hydrogen-bond acceptors (Lipinski definition) is 4. The van der Waals surface area contributed by atoms with Crippen LogP contribution in [0.3, 0.4) is 0 Å². The molecule has 0 bridgehead atoms. The van der Waals surface area contributed by atoms with Crippen molar-refractivity contribution in [2.24, 2.45) is 5.92 Å². The highest BCUT2D eigenvalue weighted by molar-refractivity contribution is 7.89. The molecule has 1 amide bonds. The third-order valence-electron chi connectivity index (χ3n) is 4.65. The topological polar surface area (TPSA) is 66.9 Å². The zero-order valence-electron chi connectivity index (χ0n) is 15.5. The first-order valence-electron chi connectivity index (χ1n) is 8.63. The van der Waals surface area contributed by atoms with E-state index in [9.17, 15) is 13.2 Å². The fourth-order valence-corrected chi connectivity index (χ4v) is 4.09. The minimum Gasteiger partial charge on any atom is -0.496 e. The summed E-state index contributed by atoms with van der Waals surface area (Å²) in [6.45, 7) is 3.79. The summed E-state index contributed by atoms with van der Waals surface area (Å²) in [6, 6.07) is 4.80. The maximum atomic E-state index is 12.5. The molecule has 1 heterocycles. The largest absolute Gasteiger partial charge is 0.496 e. The van der Waals surface area contributed by atoms with Crippen molar-refractivity contribution in [1.29, 1.82) is 0 Å². The van der Waals surface area contributed by atoms with Gasteiger partial charge in [0, 0.05) is 33.6 Å². The number of hydrogen-bond donors (Lipinski definition) is 0. The van der Waals surface area contributed by atoms with Crippen LogP contribution in [0.2, 0.25) is 0 Å². The Bertz CT molecular complexity index is 716. The monoisotopic (exact) mass is 368 g/mol. The molecule has 140 valence electrons. The van der Waals surface area contributed by atoms with E-state index in [1.165, 1.54) is 30.9 Å². The highest BCUT2D eigenvalue weighted by Crippen LogP contribution is 2.25. The third-order valence-corrected chi connectivity index (χ3v) is 6.46. The Kier molecular flexibility index (Phi) is 6.46. The molecule has 0 N–H and O–H groups in total. The first-order chi connectivity index (χ1) is 11.8. The van der Waals surface area contributed by atoms with Gasteiger partial charge in [-0.05, 0) is 48.9 Å². The lowest BCUT2D eigenvalue weighted by Gasteiger charge is -2.31. The number of benzene rings is 1. The number of nitrogens with zero attached hydrogens (tertiary/aromatic N) is 2. The van der Waals surface area contributed by atoms with E-state index in [2.05, 4.69) is 6.92 Å². The van der Waals surface area contributed by atoms with Crippen molar-refractivity contribution in [3.05, 3.63) is 23.8 Å². The predicted molar refractivity (Wildman–Crippen MR) is 97.2 cm³/mol. The number of rotatable bonds is 6. The minimum absolute atomic E-state index is 0.120. The highest BCUT2D eigenvalue weighted by atomic mass is 32.2. The van der Waals surface area contributed by atoms with Gasteiger partial charge in [-0.25, -0.2) is 12.7 Å². The van der Waals surface area contributed by atoms with Crippen LogP contribution in [0, 0.1) is 5.92 Å². The molecule has 1 aliphatic heterocycles. The highest BCUT2D eigenvalue weighted by Gasteiger charge is 2.22. The Morgan fingerprint density at radius 1 is 1.36 bits per heavy atom. The van der Waals surface area contributed by atoms with Gasteiger partial charge in [-0.2, -0.15) is 0 Å². The molecule has 1 saturated heterocycles. The Hall–Kier alpha value is -1.60. The number of aryl methyl sites for hydroxylation is 1. The van der Waals surface area contributed by atoms with Crippen LogP contribution >= 0.6 is 0 Å². The van der Waals surface area contributed by atoms with Gasteiger partial charge in [-0.1, -0.05) is 6.92 Å². The van der Waals surface area contributed by atoms with Gasteiger partial charge in [0.15, 0.2) is 0 Å². The van der Waals surface area contributed by atoms with Crippen LogP contribution in [0.25, 0.3) is 0 Å². The lowest BCUT2D eigenvalue weighted by molar-refractivity contribution is -0.132. The van der Waals surface area contributed by atoms with Crippen LogP contribution in [0.4, 0.5) is 0 Å². The summed E-state index contributed by atoms with van der Waals surface area (Å²) >= 11 is 0. The van der Waals surface area contributed by atoms with Crippen LogP contribution in [0.1, 0.15) is 31.7 Å². The summed E-state index contributed by atoms with van der Waals surface area (Å²) in [5.74, 6) is 1.27. The summed E-state index contributed by atoms with van der Waals surface area (Å²) in [5, 5.41) is 0.